The van der Waals surface area contributed by atoms with Crippen molar-refractivity contribution in [2.24, 2.45) is 0 Å². The maximum Gasteiger partial charge on any atom is 0 e. The van der Waals surface area contributed by atoms with E-state index in [1.165, 1.54) is 25.7 Å². The molecule has 0 heterocycles. The second-order valence-electron chi connectivity index (χ2n) is 3.18. The van der Waals surface area contributed by atoms with Crippen molar-refractivity contribution in [1.82, 2.24) is 0 Å². The minimum atomic E-state index is 0. The van der Waals surface area contributed by atoms with Crippen LogP contribution >= 0.6 is 0 Å². The Morgan fingerprint density at radius 2 is 1.27 bits per heavy atom. The van der Waals surface area contributed by atoms with Crippen LogP contribution in [0.1, 0.15) is 39.5 Å². The number of hydrogen-bond donors (Lipinski definition) is 0. The number of allylic oxidation sites excluding steroid dienone is 4. The second kappa shape index (κ2) is 5.77. The molecule has 0 aliphatic heterocycles. The molecule has 0 aromatic carbocycles. The van der Waals surface area contributed by atoms with E-state index in [1.54, 1.807) is 11.1 Å². The Kier molecular flexibility index (Phi) is 5.86. The van der Waals surface area contributed by atoms with Gasteiger partial charge in [-0.25, -0.2) is 0 Å². The molecule has 0 atom stereocenters. The summed E-state index contributed by atoms with van der Waals surface area (Å²) < 4.78 is 0. The molecule has 0 saturated heterocycles. The van der Waals surface area contributed by atoms with Crippen LogP contribution in [0, 0.1) is 0 Å². The van der Waals surface area contributed by atoms with Crippen LogP contribution in [0.2, 0.25) is 0 Å². The van der Waals surface area contributed by atoms with Crippen molar-refractivity contribution in [1.29, 1.82) is 0 Å². The Morgan fingerprint density at radius 3 is 1.64 bits per heavy atom. The third-order valence-electron chi connectivity index (χ3n) is 2.07. The van der Waals surface area contributed by atoms with Crippen molar-refractivity contribution >= 4 is 0 Å². The van der Waals surface area contributed by atoms with Crippen LogP contribution in [-0.2, 0) is 21.1 Å². The molecule has 0 aromatic rings. The topological polar surface area (TPSA) is 0 Å². The average Bonchev–Trinajstić information content (AvgIpc) is 1.90. The zero-order valence-electron chi connectivity index (χ0n) is 7.30. The van der Waals surface area contributed by atoms with E-state index < -0.39 is 0 Å². The molecule has 1 heteroatoms. The third kappa shape index (κ3) is 4.58. The summed E-state index contributed by atoms with van der Waals surface area (Å²) in [7, 11) is 0. The van der Waals surface area contributed by atoms with Gasteiger partial charge in [0.25, 0.3) is 0 Å². The Hall–Kier alpha value is 0.168. The van der Waals surface area contributed by atoms with Gasteiger partial charge >= 0.3 is 0 Å². The molecular formula is C10H16Pt. The molecule has 66 valence electrons. The quantitative estimate of drug-likeness (QED) is 0.597. The van der Waals surface area contributed by atoms with Crippen LogP contribution in [0.15, 0.2) is 23.3 Å². The average molecular weight is 331 g/mol. The summed E-state index contributed by atoms with van der Waals surface area (Å²) in [5, 5.41) is 0. The zero-order chi connectivity index (χ0) is 7.40. The molecule has 0 spiro atoms. The minimum absolute atomic E-state index is 0. The Labute approximate surface area is 84.0 Å². The van der Waals surface area contributed by atoms with Crippen molar-refractivity contribution < 1.29 is 21.1 Å². The van der Waals surface area contributed by atoms with Crippen LogP contribution < -0.4 is 0 Å². The molecule has 0 aromatic heterocycles. The summed E-state index contributed by atoms with van der Waals surface area (Å²) in [5.74, 6) is 0. The minimum Gasteiger partial charge on any atom is -0.0853 e. The Bertz CT molecular complexity index is 146. The van der Waals surface area contributed by atoms with Gasteiger partial charge in [-0.2, -0.15) is 0 Å². The van der Waals surface area contributed by atoms with Crippen molar-refractivity contribution in [3.8, 4) is 0 Å². The molecule has 1 aliphatic rings. The van der Waals surface area contributed by atoms with Gasteiger partial charge in [0.1, 0.15) is 0 Å². The molecule has 0 nitrogen and oxygen atoms in total. The van der Waals surface area contributed by atoms with Crippen LogP contribution in [0.25, 0.3) is 0 Å². The fraction of sp³-hybridized carbons (Fsp3) is 0.600. The standard InChI is InChI=1S/C10H16.Pt/c1-9-5-3-4-6-10(2)8-7-9;/h5-6H,3-4,7-8H2,1-2H3;. The van der Waals surface area contributed by atoms with Gasteiger partial charge in [0.2, 0.25) is 0 Å². The van der Waals surface area contributed by atoms with E-state index in [2.05, 4.69) is 26.0 Å². The van der Waals surface area contributed by atoms with Gasteiger partial charge in [-0.05, 0) is 39.5 Å². The molecule has 0 unspecified atom stereocenters. The summed E-state index contributed by atoms with van der Waals surface area (Å²) in [6, 6.07) is 0. The normalized spacial score (nSPS) is 18.7. The van der Waals surface area contributed by atoms with E-state index in [9.17, 15) is 0 Å². The molecule has 0 fully saturated rings. The fourth-order valence-corrected chi connectivity index (χ4v) is 1.26. The van der Waals surface area contributed by atoms with Crippen LogP contribution in [0.5, 0.6) is 0 Å². The molecular weight excluding hydrogens is 315 g/mol. The first-order chi connectivity index (χ1) is 4.79. The number of hydrogen-bond acceptors (Lipinski definition) is 0. The molecule has 0 bridgehead atoms. The summed E-state index contributed by atoms with van der Waals surface area (Å²) >= 11 is 0. The first kappa shape index (κ1) is 11.2. The molecule has 0 N–H and O–H groups in total. The van der Waals surface area contributed by atoms with Crippen LogP contribution in [0.3, 0.4) is 0 Å². The first-order valence-electron chi connectivity index (χ1n) is 4.10. The van der Waals surface area contributed by atoms with Gasteiger partial charge in [0, 0.05) is 21.1 Å². The maximum absolute atomic E-state index is 2.36. The number of rotatable bonds is 0. The second-order valence-corrected chi connectivity index (χ2v) is 3.18. The maximum atomic E-state index is 2.36. The monoisotopic (exact) mass is 331 g/mol. The van der Waals surface area contributed by atoms with E-state index in [0.29, 0.717) is 0 Å². The SMILES string of the molecule is CC1=CCCC=C(C)CC1.[Pt]. The molecule has 0 saturated carbocycles. The molecule has 0 radical (unpaired) electrons. The predicted molar refractivity (Wildman–Crippen MR) is 46.0 cm³/mol. The third-order valence-corrected chi connectivity index (χ3v) is 2.07. The van der Waals surface area contributed by atoms with Crippen molar-refractivity contribution in [2.75, 3.05) is 0 Å². The molecule has 11 heavy (non-hydrogen) atoms. The summed E-state index contributed by atoms with van der Waals surface area (Å²) in [4.78, 5) is 0. The largest absolute Gasteiger partial charge is 0.0853 e. The summed E-state index contributed by atoms with van der Waals surface area (Å²) in [6.07, 6.45) is 9.74. The predicted octanol–water partition coefficient (Wildman–Crippen LogP) is 3.45. The molecule has 1 rings (SSSR count). The smallest absolute Gasteiger partial charge is 0 e. The Balaban J connectivity index is 0.000001000. The van der Waals surface area contributed by atoms with Gasteiger partial charge in [-0.1, -0.05) is 23.3 Å². The van der Waals surface area contributed by atoms with E-state index in [-0.39, 0.29) is 21.1 Å². The zero-order valence-corrected chi connectivity index (χ0v) is 9.57. The van der Waals surface area contributed by atoms with E-state index in [0.717, 1.165) is 0 Å². The van der Waals surface area contributed by atoms with E-state index >= 15 is 0 Å². The van der Waals surface area contributed by atoms with Crippen molar-refractivity contribution in [3.05, 3.63) is 23.3 Å². The molecule has 0 amide bonds. The fourth-order valence-electron chi connectivity index (χ4n) is 1.26. The summed E-state index contributed by atoms with van der Waals surface area (Å²) in [6.45, 7) is 4.47. The van der Waals surface area contributed by atoms with Gasteiger partial charge in [-0.15, -0.1) is 0 Å². The van der Waals surface area contributed by atoms with E-state index in [1.807, 2.05) is 0 Å². The summed E-state index contributed by atoms with van der Waals surface area (Å²) in [5.41, 5.74) is 3.12. The van der Waals surface area contributed by atoms with Gasteiger partial charge < -0.3 is 0 Å². The van der Waals surface area contributed by atoms with Gasteiger partial charge in [0.05, 0.1) is 0 Å². The van der Waals surface area contributed by atoms with Crippen LogP contribution in [0.4, 0.5) is 0 Å². The van der Waals surface area contributed by atoms with Crippen molar-refractivity contribution in [3.63, 3.8) is 0 Å². The van der Waals surface area contributed by atoms with Gasteiger partial charge in [0.15, 0.2) is 0 Å². The molecule has 1 aliphatic carbocycles. The first-order valence-corrected chi connectivity index (χ1v) is 4.10. The van der Waals surface area contributed by atoms with Crippen molar-refractivity contribution in [2.45, 2.75) is 39.5 Å². The van der Waals surface area contributed by atoms with Gasteiger partial charge in [-0.3, -0.25) is 0 Å². The van der Waals surface area contributed by atoms with Crippen LogP contribution in [-0.4, -0.2) is 0 Å². The van der Waals surface area contributed by atoms with E-state index in [4.69, 9.17) is 0 Å². The Morgan fingerprint density at radius 1 is 0.909 bits per heavy atom.